The van der Waals surface area contributed by atoms with Gasteiger partial charge in [-0.05, 0) is 49.2 Å². The molecule has 0 radical (unpaired) electrons. The number of halogens is 1. The van der Waals surface area contributed by atoms with Gasteiger partial charge in [-0.2, -0.15) is 0 Å². The maximum atomic E-state index is 12.3. The van der Waals surface area contributed by atoms with Gasteiger partial charge in [-0.3, -0.25) is 4.79 Å². The Morgan fingerprint density at radius 3 is 2.52 bits per heavy atom. The van der Waals surface area contributed by atoms with Gasteiger partial charge in [0.15, 0.2) is 0 Å². The molecule has 0 fully saturated rings. The fraction of sp³-hybridized carbons (Fsp3) is 0.188. The van der Waals surface area contributed by atoms with E-state index < -0.39 is 0 Å². The minimum atomic E-state index is -0.217. The zero-order valence-corrected chi connectivity index (χ0v) is 13.7. The van der Waals surface area contributed by atoms with Crippen LogP contribution in [0.25, 0.3) is 0 Å². The van der Waals surface area contributed by atoms with Crippen LogP contribution in [0.3, 0.4) is 0 Å². The summed E-state index contributed by atoms with van der Waals surface area (Å²) in [5, 5.41) is 2.88. The Balaban J connectivity index is 2.33. The van der Waals surface area contributed by atoms with Crippen molar-refractivity contribution >= 4 is 33.2 Å². The summed E-state index contributed by atoms with van der Waals surface area (Å²) in [5.74, 6) is 0.390. The highest BCUT2D eigenvalue weighted by Crippen LogP contribution is 2.32. The van der Waals surface area contributed by atoms with E-state index in [1.54, 1.807) is 19.2 Å². The van der Waals surface area contributed by atoms with Crippen LogP contribution in [0.1, 0.15) is 21.5 Å². The van der Waals surface area contributed by atoms with E-state index >= 15 is 0 Å². The summed E-state index contributed by atoms with van der Waals surface area (Å²) in [4.78, 5) is 12.3. The quantitative estimate of drug-likeness (QED) is 0.826. The monoisotopic (exact) mass is 348 g/mol. The van der Waals surface area contributed by atoms with Gasteiger partial charge in [0, 0.05) is 15.7 Å². The van der Waals surface area contributed by atoms with Crippen LogP contribution < -0.4 is 15.8 Å². The van der Waals surface area contributed by atoms with E-state index in [4.69, 9.17) is 10.5 Å². The zero-order valence-electron chi connectivity index (χ0n) is 12.2. The highest BCUT2D eigenvalue weighted by atomic mass is 79.9. The average molecular weight is 349 g/mol. The third-order valence-electron chi connectivity index (χ3n) is 3.26. The van der Waals surface area contributed by atoms with Crippen molar-refractivity contribution in [3.63, 3.8) is 0 Å². The van der Waals surface area contributed by atoms with Gasteiger partial charge in [0.2, 0.25) is 0 Å². The molecule has 2 aromatic carbocycles. The van der Waals surface area contributed by atoms with E-state index in [0.29, 0.717) is 22.7 Å². The number of benzene rings is 2. The molecule has 21 heavy (non-hydrogen) atoms. The van der Waals surface area contributed by atoms with Crippen molar-refractivity contribution in [2.75, 3.05) is 18.2 Å². The first-order valence-electron chi connectivity index (χ1n) is 6.44. The largest absolute Gasteiger partial charge is 0.495 e. The summed E-state index contributed by atoms with van der Waals surface area (Å²) < 4.78 is 6.21. The van der Waals surface area contributed by atoms with Crippen molar-refractivity contribution < 1.29 is 9.53 Å². The molecule has 0 aromatic heterocycles. The van der Waals surface area contributed by atoms with E-state index in [9.17, 15) is 4.79 Å². The summed E-state index contributed by atoms with van der Waals surface area (Å²) in [5.41, 5.74) is 9.48. The van der Waals surface area contributed by atoms with Crippen LogP contribution in [-0.2, 0) is 0 Å². The fourth-order valence-electron chi connectivity index (χ4n) is 2.00. The normalized spacial score (nSPS) is 10.3. The van der Waals surface area contributed by atoms with Gasteiger partial charge >= 0.3 is 0 Å². The molecule has 0 atom stereocenters. The Morgan fingerprint density at radius 2 is 1.90 bits per heavy atom. The first-order chi connectivity index (χ1) is 9.92. The molecule has 0 saturated heterocycles. The standard InChI is InChI=1S/C16H17BrN2O2/c1-9-4-5-11(7-13(9)18)16(20)19-15-10(2)6-12(17)8-14(15)21-3/h4-8H,18H2,1-3H3,(H,19,20). The Kier molecular flexibility index (Phi) is 4.53. The Labute approximate surface area is 132 Å². The summed E-state index contributed by atoms with van der Waals surface area (Å²) in [6.07, 6.45) is 0. The molecule has 2 aromatic rings. The van der Waals surface area contributed by atoms with Gasteiger partial charge in [-0.1, -0.05) is 22.0 Å². The molecule has 2 rings (SSSR count). The second-order valence-electron chi connectivity index (χ2n) is 4.83. The molecule has 0 aliphatic carbocycles. The van der Waals surface area contributed by atoms with Crippen molar-refractivity contribution in [3.05, 3.63) is 51.5 Å². The predicted molar refractivity (Wildman–Crippen MR) is 89.0 cm³/mol. The van der Waals surface area contributed by atoms with Gasteiger partial charge < -0.3 is 15.8 Å². The molecule has 0 unspecified atom stereocenters. The second kappa shape index (κ2) is 6.18. The van der Waals surface area contributed by atoms with Crippen molar-refractivity contribution in [3.8, 4) is 5.75 Å². The zero-order chi connectivity index (χ0) is 15.6. The summed E-state index contributed by atoms with van der Waals surface area (Å²) in [6.45, 7) is 3.81. The van der Waals surface area contributed by atoms with Crippen LogP contribution in [0.15, 0.2) is 34.8 Å². The van der Waals surface area contributed by atoms with E-state index in [-0.39, 0.29) is 5.91 Å². The third kappa shape index (κ3) is 3.36. The average Bonchev–Trinajstić information content (AvgIpc) is 2.44. The highest BCUT2D eigenvalue weighted by molar-refractivity contribution is 9.10. The van der Waals surface area contributed by atoms with Crippen LogP contribution in [-0.4, -0.2) is 13.0 Å². The number of hydrogen-bond donors (Lipinski definition) is 2. The highest BCUT2D eigenvalue weighted by Gasteiger charge is 2.13. The molecular weight excluding hydrogens is 332 g/mol. The molecule has 3 N–H and O–H groups in total. The number of rotatable bonds is 3. The van der Waals surface area contributed by atoms with E-state index in [0.717, 1.165) is 15.6 Å². The molecule has 0 saturated carbocycles. The van der Waals surface area contributed by atoms with Gasteiger partial charge in [0.25, 0.3) is 5.91 Å². The molecule has 5 heteroatoms. The van der Waals surface area contributed by atoms with Crippen molar-refractivity contribution in [2.24, 2.45) is 0 Å². The number of carbonyl (C=O) groups excluding carboxylic acids is 1. The second-order valence-corrected chi connectivity index (χ2v) is 5.74. The molecular formula is C16H17BrN2O2. The van der Waals surface area contributed by atoms with Crippen LogP contribution >= 0.6 is 15.9 Å². The van der Waals surface area contributed by atoms with Crippen molar-refractivity contribution in [1.82, 2.24) is 0 Å². The van der Waals surface area contributed by atoms with E-state index in [2.05, 4.69) is 21.2 Å². The number of methoxy groups -OCH3 is 1. The van der Waals surface area contributed by atoms with E-state index in [1.807, 2.05) is 32.0 Å². The van der Waals surface area contributed by atoms with Crippen LogP contribution in [0.5, 0.6) is 5.75 Å². The number of nitrogen functional groups attached to an aromatic ring is 1. The molecule has 0 heterocycles. The van der Waals surface area contributed by atoms with Gasteiger partial charge in [0.1, 0.15) is 5.75 Å². The smallest absolute Gasteiger partial charge is 0.255 e. The summed E-state index contributed by atoms with van der Waals surface area (Å²) in [6, 6.07) is 8.98. The van der Waals surface area contributed by atoms with Gasteiger partial charge in [-0.15, -0.1) is 0 Å². The molecule has 4 nitrogen and oxygen atoms in total. The van der Waals surface area contributed by atoms with Crippen molar-refractivity contribution in [2.45, 2.75) is 13.8 Å². The van der Waals surface area contributed by atoms with Crippen LogP contribution in [0.2, 0.25) is 0 Å². The minimum Gasteiger partial charge on any atom is -0.495 e. The minimum absolute atomic E-state index is 0.217. The summed E-state index contributed by atoms with van der Waals surface area (Å²) in [7, 11) is 1.57. The Bertz CT molecular complexity index is 699. The van der Waals surface area contributed by atoms with Gasteiger partial charge in [0.05, 0.1) is 12.8 Å². The summed E-state index contributed by atoms with van der Waals surface area (Å²) >= 11 is 3.41. The fourth-order valence-corrected chi connectivity index (χ4v) is 2.55. The third-order valence-corrected chi connectivity index (χ3v) is 3.72. The van der Waals surface area contributed by atoms with Crippen molar-refractivity contribution in [1.29, 1.82) is 0 Å². The lowest BCUT2D eigenvalue weighted by molar-refractivity contribution is 0.102. The van der Waals surface area contributed by atoms with Crippen LogP contribution in [0.4, 0.5) is 11.4 Å². The maximum absolute atomic E-state index is 12.3. The molecule has 0 aliphatic rings. The Morgan fingerprint density at radius 1 is 1.19 bits per heavy atom. The molecule has 0 bridgehead atoms. The lowest BCUT2D eigenvalue weighted by atomic mass is 10.1. The lowest BCUT2D eigenvalue weighted by Gasteiger charge is -2.14. The van der Waals surface area contributed by atoms with Crippen LogP contribution in [0, 0.1) is 13.8 Å². The lowest BCUT2D eigenvalue weighted by Crippen LogP contribution is -2.14. The van der Waals surface area contributed by atoms with E-state index in [1.165, 1.54) is 0 Å². The first kappa shape index (κ1) is 15.4. The number of carbonyl (C=O) groups is 1. The number of ether oxygens (including phenoxy) is 1. The topological polar surface area (TPSA) is 64.3 Å². The number of nitrogens with two attached hydrogens (primary N) is 1. The molecule has 110 valence electrons. The number of aryl methyl sites for hydroxylation is 2. The number of amides is 1. The first-order valence-corrected chi connectivity index (χ1v) is 7.23. The van der Waals surface area contributed by atoms with Gasteiger partial charge in [-0.25, -0.2) is 0 Å². The SMILES string of the molecule is COc1cc(Br)cc(C)c1NC(=O)c1ccc(C)c(N)c1. The maximum Gasteiger partial charge on any atom is 0.255 e. The predicted octanol–water partition coefficient (Wildman–Crippen LogP) is 3.91. The number of nitrogens with one attached hydrogen (secondary N) is 1. The number of anilines is 2. The Hall–Kier alpha value is -2.01. The number of hydrogen-bond acceptors (Lipinski definition) is 3. The molecule has 1 amide bonds. The molecule has 0 aliphatic heterocycles. The molecule has 0 spiro atoms.